The van der Waals surface area contributed by atoms with Gasteiger partial charge in [-0.3, -0.25) is 10.9 Å². The van der Waals surface area contributed by atoms with Crippen molar-refractivity contribution in [2.45, 2.75) is 6.92 Å². The third kappa shape index (κ3) is 4.00. The normalized spacial score (nSPS) is 9.95. The molecule has 0 fully saturated rings. The maximum absolute atomic E-state index is 5.93. The van der Waals surface area contributed by atoms with E-state index >= 15 is 0 Å². The first-order valence-electron chi connectivity index (χ1n) is 5.90. The van der Waals surface area contributed by atoms with Gasteiger partial charge in [-0.15, -0.1) is 0 Å². The van der Waals surface area contributed by atoms with Crippen molar-refractivity contribution in [3.63, 3.8) is 0 Å². The summed E-state index contributed by atoms with van der Waals surface area (Å²) in [6.45, 7) is 2.01. The fourth-order valence-electron chi connectivity index (χ4n) is 1.57. The van der Waals surface area contributed by atoms with E-state index in [1.54, 1.807) is 18.2 Å². The second kappa shape index (κ2) is 6.79. The topological polar surface area (TPSA) is 36.1 Å². The first-order chi connectivity index (χ1) is 9.56. The van der Waals surface area contributed by atoms with Crippen molar-refractivity contribution >= 4 is 51.9 Å². The molecule has 0 saturated heterocycles. The molecule has 0 atom stereocenters. The minimum Gasteiger partial charge on any atom is -0.331 e. The Balaban J connectivity index is 1.92. The number of rotatable bonds is 3. The molecule has 0 heterocycles. The number of para-hydroxylation sites is 1. The molecule has 0 amide bonds. The van der Waals surface area contributed by atoms with Crippen LogP contribution in [-0.2, 0) is 0 Å². The molecule has 0 unspecified atom stereocenters. The predicted octanol–water partition coefficient (Wildman–Crippen LogP) is 4.62. The van der Waals surface area contributed by atoms with Gasteiger partial charge >= 0.3 is 0 Å². The van der Waals surface area contributed by atoms with Gasteiger partial charge < -0.3 is 5.32 Å². The molecule has 0 spiro atoms. The molecule has 0 aliphatic rings. The van der Waals surface area contributed by atoms with Crippen molar-refractivity contribution in [3.8, 4) is 0 Å². The molecule has 0 aromatic heterocycles. The second-order valence-corrected chi connectivity index (χ2v) is 5.37. The van der Waals surface area contributed by atoms with Gasteiger partial charge in [-0.2, -0.15) is 0 Å². The number of benzene rings is 2. The molecule has 6 heteroatoms. The van der Waals surface area contributed by atoms with E-state index in [1.165, 1.54) is 0 Å². The van der Waals surface area contributed by atoms with Crippen molar-refractivity contribution in [2.75, 3.05) is 10.7 Å². The molecule has 0 aliphatic carbocycles. The Bertz CT molecular complexity index is 632. The first kappa shape index (κ1) is 14.9. The monoisotopic (exact) mass is 325 g/mol. The molecule has 2 aromatic rings. The summed E-state index contributed by atoms with van der Waals surface area (Å²) in [6, 6.07) is 13.1. The van der Waals surface area contributed by atoms with Crippen LogP contribution in [-0.4, -0.2) is 5.11 Å². The quantitative estimate of drug-likeness (QED) is 0.568. The van der Waals surface area contributed by atoms with Crippen molar-refractivity contribution in [1.29, 1.82) is 0 Å². The summed E-state index contributed by atoms with van der Waals surface area (Å²) in [4.78, 5) is 0. The number of thiocarbonyl (C=S) groups is 1. The minimum atomic E-state index is 0.463. The van der Waals surface area contributed by atoms with E-state index < -0.39 is 0 Å². The number of aryl methyl sites for hydroxylation is 1. The molecular weight excluding hydrogens is 313 g/mol. The van der Waals surface area contributed by atoms with E-state index in [1.807, 2.05) is 31.2 Å². The van der Waals surface area contributed by atoms with Crippen LogP contribution in [0.2, 0.25) is 10.0 Å². The Labute approximate surface area is 133 Å². The molecule has 3 N–H and O–H groups in total. The number of hydrogen-bond acceptors (Lipinski definition) is 2. The van der Waals surface area contributed by atoms with Crippen LogP contribution in [0.15, 0.2) is 42.5 Å². The first-order valence-corrected chi connectivity index (χ1v) is 7.06. The summed E-state index contributed by atoms with van der Waals surface area (Å²) >= 11 is 17.0. The number of nitrogens with one attached hydrogen (secondary N) is 3. The van der Waals surface area contributed by atoms with Crippen LogP contribution in [0.5, 0.6) is 0 Å². The lowest BCUT2D eigenvalue weighted by Crippen LogP contribution is -2.33. The van der Waals surface area contributed by atoms with Gasteiger partial charge in [-0.1, -0.05) is 41.4 Å². The summed E-state index contributed by atoms with van der Waals surface area (Å²) in [5.74, 6) is 0. The van der Waals surface area contributed by atoms with Gasteiger partial charge in [0.25, 0.3) is 0 Å². The van der Waals surface area contributed by atoms with Gasteiger partial charge in [0, 0.05) is 5.69 Å². The Morgan fingerprint density at radius 2 is 1.80 bits per heavy atom. The van der Waals surface area contributed by atoms with Gasteiger partial charge in [-0.25, -0.2) is 0 Å². The standard InChI is InChI=1S/C14H13Cl2N3S/c1-9-4-2-3-5-13(9)17-14(20)19-18-10-6-7-11(15)12(16)8-10/h2-8,18H,1H3,(H2,17,19,20). The summed E-state index contributed by atoms with van der Waals surface area (Å²) in [6.07, 6.45) is 0. The maximum atomic E-state index is 5.93. The van der Waals surface area contributed by atoms with E-state index in [0.29, 0.717) is 15.2 Å². The number of hydrogen-bond donors (Lipinski definition) is 3. The number of halogens is 2. The Hall–Kier alpha value is -1.49. The zero-order valence-electron chi connectivity index (χ0n) is 10.7. The van der Waals surface area contributed by atoms with Crippen LogP contribution in [0.3, 0.4) is 0 Å². The van der Waals surface area contributed by atoms with Crippen LogP contribution in [0.25, 0.3) is 0 Å². The van der Waals surface area contributed by atoms with Gasteiger partial charge in [0.2, 0.25) is 0 Å². The molecule has 20 heavy (non-hydrogen) atoms. The molecule has 104 valence electrons. The maximum Gasteiger partial charge on any atom is 0.189 e. The van der Waals surface area contributed by atoms with Gasteiger partial charge in [0.15, 0.2) is 5.11 Å². The van der Waals surface area contributed by atoms with Crippen LogP contribution in [0, 0.1) is 6.92 Å². The highest BCUT2D eigenvalue weighted by Crippen LogP contribution is 2.24. The fraction of sp³-hybridized carbons (Fsp3) is 0.0714. The molecule has 2 rings (SSSR count). The predicted molar refractivity (Wildman–Crippen MR) is 90.6 cm³/mol. The van der Waals surface area contributed by atoms with Gasteiger partial charge in [-0.05, 0) is 49.0 Å². The van der Waals surface area contributed by atoms with E-state index in [9.17, 15) is 0 Å². The van der Waals surface area contributed by atoms with Crippen LogP contribution in [0.1, 0.15) is 5.56 Å². The molecule has 0 bridgehead atoms. The van der Waals surface area contributed by atoms with Crippen LogP contribution in [0.4, 0.5) is 11.4 Å². The van der Waals surface area contributed by atoms with Crippen molar-refractivity contribution in [1.82, 2.24) is 5.43 Å². The van der Waals surface area contributed by atoms with Crippen LogP contribution < -0.4 is 16.2 Å². The van der Waals surface area contributed by atoms with E-state index in [2.05, 4.69) is 16.2 Å². The Kier molecular flexibility index (Phi) is 5.06. The fourth-order valence-corrected chi connectivity index (χ4v) is 2.03. The SMILES string of the molecule is Cc1ccccc1NC(=S)NNc1ccc(Cl)c(Cl)c1. The summed E-state index contributed by atoms with van der Waals surface area (Å²) in [5, 5.41) is 4.56. The zero-order chi connectivity index (χ0) is 14.5. The second-order valence-electron chi connectivity index (χ2n) is 4.15. The van der Waals surface area contributed by atoms with E-state index in [4.69, 9.17) is 35.4 Å². The summed E-state index contributed by atoms with van der Waals surface area (Å²) in [7, 11) is 0. The van der Waals surface area contributed by atoms with E-state index in [0.717, 1.165) is 16.9 Å². The number of hydrazine groups is 1. The lowest BCUT2D eigenvalue weighted by atomic mass is 10.2. The molecule has 3 nitrogen and oxygen atoms in total. The van der Waals surface area contributed by atoms with Gasteiger partial charge in [0.1, 0.15) is 0 Å². The Morgan fingerprint density at radius 3 is 2.50 bits per heavy atom. The highest BCUT2D eigenvalue weighted by atomic mass is 35.5. The summed E-state index contributed by atoms with van der Waals surface area (Å²) in [5.41, 5.74) is 8.69. The lowest BCUT2D eigenvalue weighted by molar-refractivity contribution is 1.14. The smallest absolute Gasteiger partial charge is 0.189 e. The molecule has 2 aromatic carbocycles. The molecule has 0 radical (unpaired) electrons. The third-order valence-corrected chi connectivity index (χ3v) is 3.58. The van der Waals surface area contributed by atoms with Crippen molar-refractivity contribution < 1.29 is 0 Å². The van der Waals surface area contributed by atoms with Gasteiger partial charge in [0.05, 0.1) is 15.7 Å². The zero-order valence-corrected chi connectivity index (χ0v) is 13.0. The largest absolute Gasteiger partial charge is 0.331 e. The average Bonchev–Trinajstić information content (AvgIpc) is 2.43. The lowest BCUT2D eigenvalue weighted by Gasteiger charge is -2.14. The number of anilines is 2. The molecule has 0 aliphatic heterocycles. The van der Waals surface area contributed by atoms with Crippen molar-refractivity contribution in [3.05, 3.63) is 58.1 Å². The highest BCUT2D eigenvalue weighted by molar-refractivity contribution is 7.80. The molecular formula is C14H13Cl2N3S. The summed E-state index contributed by atoms with van der Waals surface area (Å²) < 4.78 is 0. The van der Waals surface area contributed by atoms with Crippen LogP contribution >= 0.6 is 35.4 Å². The van der Waals surface area contributed by atoms with Crippen molar-refractivity contribution in [2.24, 2.45) is 0 Å². The average molecular weight is 326 g/mol. The highest BCUT2D eigenvalue weighted by Gasteiger charge is 2.01. The molecule has 0 saturated carbocycles. The van der Waals surface area contributed by atoms with E-state index in [-0.39, 0.29) is 0 Å². The third-order valence-electron chi connectivity index (χ3n) is 2.63. The Morgan fingerprint density at radius 1 is 1.05 bits per heavy atom. The minimum absolute atomic E-state index is 0.463.